The lowest BCUT2D eigenvalue weighted by Crippen LogP contribution is -2.36. The summed E-state index contributed by atoms with van der Waals surface area (Å²) >= 11 is 11.8. The predicted molar refractivity (Wildman–Crippen MR) is 75.9 cm³/mol. The van der Waals surface area contributed by atoms with Crippen LogP contribution in [0.3, 0.4) is 0 Å². The smallest absolute Gasteiger partial charge is 0.0595 e. The molecule has 0 aliphatic carbocycles. The van der Waals surface area contributed by atoms with Crippen LogP contribution in [0.5, 0.6) is 0 Å². The number of halogens is 2. The summed E-state index contributed by atoms with van der Waals surface area (Å²) in [6.45, 7) is 7.27. The third kappa shape index (κ3) is 5.26. The normalized spacial score (nSPS) is 13.1. The molecule has 0 aliphatic heterocycles. The fourth-order valence-corrected chi connectivity index (χ4v) is 1.92. The van der Waals surface area contributed by atoms with E-state index in [-0.39, 0.29) is 0 Å². The summed E-state index contributed by atoms with van der Waals surface area (Å²) in [6.07, 6.45) is 0. The van der Waals surface area contributed by atoms with E-state index in [0.29, 0.717) is 16.1 Å². The van der Waals surface area contributed by atoms with E-state index in [9.17, 15) is 0 Å². The van der Waals surface area contributed by atoms with Crippen LogP contribution in [0.4, 0.5) is 0 Å². The van der Waals surface area contributed by atoms with E-state index in [1.807, 2.05) is 18.2 Å². The quantitative estimate of drug-likeness (QED) is 0.855. The Bertz CT molecular complexity index is 355. The van der Waals surface area contributed by atoms with Gasteiger partial charge in [-0.05, 0) is 38.2 Å². The second kappa shape index (κ2) is 7.22. The third-order valence-corrected chi connectivity index (χ3v) is 3.50. The number of hydrogen-bond donors (Lipinski definition) is 1. The second-order valence-electron chi connectivity index (χ2n) is 4.39. The van der Waals surface area contributed by atoms with Crippen molar-refractivity contribution in [3.63, 3.8) is 0 Å². The molecule has 0 saturated carbocycles. The molecule has 1 unspecified atom stereocenters. The summed E-state index contributed by atoms with van der Waals surface area (Å²) in [4.78, 5) is 2.28. The SMILES string of the molecule is CCN(C)CC(C)NCc1ccc(Cl)c(Cl)c1. The molecule has 0 aliphatic rings. The standard InChI is InChI=1S/C13H20Cl2N2/c1-4-17(3)9-10(2)16-8-11-5-6-12(14)13(15)7-11/h5-7,10,16H,4,8-9H2,1-3H3. The first kappa shape index (κ1) is 14.8. The van der Waals surface area contributed by atoms with E-state index < -0.39 is 0 Å². The van der Waals surface area contributed by atoms with Crippen LogP contribution in [-0.2, 0) is 6.54 Å². The van der Waals surface area contributed by atoms with Gasteiger partial charge in [-0.25, -0.2) is 0 Å². The van der Waals surface area contributed by atoms with Crippen LogP contribution < -0.4 is 5.32 Å². The third-order valence-electron chi connectivity index (χ3n) is 2.76. The van der Waals surface area contributed by atoms with Crippen LogP contribution in [0.15, 0.2) is 18.2 Å². The Morgan fingerprint density at radius 1 is 1.29 bits per heavy atom. The van der Waals surface area contributed by atoms with Crippen molar-refractivity contribution in [2.24, 2.45) is 0 Å². The van der Waals surface area contributed by atoms with Crippen molar-refractivity contribution in [3.8, 4) is 0 Å². The van der Waals surface area contributed by atoms with E-state index in [0.717, 1.165) is 25.2 Å². The highest BCUT2D eigenvalue weighted by molar-refractivity contribution is 6.42. The maximum Gasteiger partial charge on any atom is 0.0595 e. The van der Waals surface area contributed by atoms with E-state index in [1.54, 1.807) is 0 Å². The van der Waals surface area contributed by atoms with E-state index in [4.69, 9.17) is 23.2 Å². The summed E-state index contributed by atoms with van der Waals surface area (Å²) < 4.78 is 0. The zero-order chi connectivity index (χ0) is 12.8. The van der Waals surface area contributed by atoms with Crippen LogP contribution in [0.2, 0.25) is 10.0 Å². The van der Waals surface area contributed by atoms with Crippen molar-refractivity contribution in [2.45, 2.75) is 26.4 Å². The van der Waals surface area contributed by atoms with Gasteiger partial charge in [0.1, 0.15) is 0 Å². The van der Waals surface area contributed by atoms with Crippen molar-refractivity contribution in [2.75, 3.05) is 20.1 Å². The van der Waals surface area contributed by atoms with Crippen molar-refractivity contribution in [1.82, 2.24) is 10.2 Å². The molecule has 1 atom stereocenters. The van der Waals surface area contributed by atoms with Gasteiger partial charge in [0.2, 0.25) is 0 Å². The molecule has 1 aromatic carbocycles. The van der Waals surface area contributed by atoms with Crippen LogP contribution >= 0.6 is 23.2 Å². The van der Waals surface area contributed by atoms with Crippen LogP contribution in [0.1, 0.15) is 19.4 Å². The number of hydrogen-bond acceptors (Lipinski definition) is 2. The van der Waals surface area contributed by atoms with Crippen LogP contribution in [-0.4, -0.2) is 31.1 Å². The van der Waals surface area contributed by atoms with Gasteiger partial charge in [-0.15, -0.1) is 0 Å². The largest absolute Gasteiger partial charge is 0.309 e. The minimum atomic E-state index is 0.453. The Labute approximate surface area is 114 Å². The summed E-state index contributed by atoms with van der Waals surface area (Å²) in [5.41, 5.74) is 1.16. The Morgan fingerprint density at radius 3 is 2.59 bits per heavy atom. The Hall–Kier alpha value is -0.280. The molecule has 0 bridgehead atoms. The molecular formula is C13H20Cl2N2. The minimum absolute atomic E-state index is 0.453. The average Bonchev–Trinajstić information content (AvgIpc) is 2.30. The van der Waals surface area contributed by atoms with Gasteiger partial charge in [0.25, 0.3) is 0 Å². The number of likely N-dealkylation sites (N-methyl/N-ethyl adjacent to an activating group) is 1. The summed E-state index contributed by atoms with van der Waals surface area (Å²) in [7, 11) is 2.12. The Kier molecular flexibility index (Phi) is 6.28. The highest BCUT2D eigenvalue weighted by Gasteiger charge is 2.05. The Balaban J connectivity index is 2.42. The van der Waals surface area contributed by atoms with Crippen LogP contribution in [0.25, 0.3) is 0 Å². The highest BCUT2D eigenvalue weighted by atomic mass is 35.5. The molecule has 0 saturated heterocycles. The highest BCUT2D eigenvalue weighted by Crippen LogP contribution is 2.22. The molecule has 0 amide bonds. The lowest BCUT2D eigenvalue weighted by molar-refractivity contribution is 0.309. The molecule has 17 heavy (non-hydrogen) atoms. The zero-order valence-corrected chi connectivity index (χ0v) is 12.1. The first-order valence-electron chi connectivity index (χ1n) is 5.88. The maximum absolute atomic E-state index is 5.97. The Morgan fingerprint density at radius 2 is 2.00 bits per heavy atom. The van der Waals surface area contributed by atoms with Crippen molar-refractivity contribution in [1.29, 1.82) is 0 Å². The summed E-state index contributed by atoms with van der Waals surface area (Å²) in [6, 6.07) is 6.20. The van der Waals surface area contributed by atoms with Gasteiger partial charge in [-0.1, -0.05) is 36.2 Å². The fraction of sp³-hybridized carbons (Fsp3) is 0.538. The molecule has 1 aromatic rings. The molecule has 2 nitrogen and oxygen atoms in total. The lowest BCUT2D eigenvalue weighted by atomic mass is 10.2. The molecule has 0 spiro atoms. The molecular weight excluding hydrogens is 255 g/mol. The average molecular weight is 275 g/mol. The number of nitrogens with one attached hydrogen (secondary N) is 1. The molecule has 0 radical (unpaired) electrons. The van der Waals surface area contributed by atoms with Crippen molar-refractivity contribution >= 4 is 23.2 Å². The summed E-state index contributed by atoms with van der Waals surface area (Å²) in [5, 5.41) is 4.69. The van der Waals surface area contributed by atoms with Crippen molar-refractivity contribution < 1.29 is 0 Å². The van der Waals surface area contributed by atoms with Gasteiger partial charge in [0, 0.05) is 19.1 Å². The van der Waals surface area contributed by atoms with E-state index in [1.165, 1.54) is 0 Å². The first-order valence-corrected chi connectivity index (χ1v) is 6.64. The van der Waals surface area contributed by atoms with Gasteiger partial charge >= 0.3 is 0 Å². The van der Waals surface area contributed by atoms with Crippen molar-refractivity contribution in [3.05, 3.63) is 33.8 Å². The number of benzene rings is 1. The zero-order valence-electron chi connectivity index (χ0n) is 10.6. The molecule has 4 heteroatoms. The first-order chi connectivity index (χ1) is 8.02. The molecule has 0 fully saturated rings. The molecule has 0 heterocycles. The molecule has 96 valence electrons. The molecule has 1 N–H and O–H groups in total. The maximum atomic E-state index is 5.97. The van der Waals surface area contributed by atoms with Gasteiger partial charge in [-0.3, -0.25) is 0 Å². The van der Waals surface area contributed by atoms with Crippen LogP contribution in [0, 0.1) is 0 Å². The fourth-order valence-electron chi connectivity index (χ4n) is 1.60. The second-order valence-corrected chi connectivity index (χ2v) is 5.20. The number of nitrogens with zero attached hydrogens (tertiary/aromatic N) is 1. The molecule has 0 aromatic heterocycles. The molecule has 1 rings (SSSR count). The number of rotatable bonds is 6. The minimum Gasteiger partial charge on any atom is -0.309 e. The van der Waals surface area contributed by atoms with Gasteiger partial charge in [0.05, 0.1) is 10.0 Å². The van der Waals surface area contributed by atoms with Gasteiger partial charge in [-0.2, -0.15) is 0 Å². The van der Waals surface area contributed by atoms with E-state index in [2.05, 4.69) is 31.1 Å². The monoisotopic (exact) mass is 274 g/mol. The summed E-state index contributed by atoms with van der Waals surface area (Å²) in [5.74, 6) is 0. The van der Waals surface area contributed by atoms with Gasteiger partial charge < -0.3 is 10.2 Å². The van der Waals surface area contributed by atoms with E-state index >= 15 is 0 Å². The predicted octanol–water partition coefficient (Wildman–Crippen LogP) is 3.42. The lowest BCUT2D eigenvalue weighted by Gasteiger charge is -2.20. The van der Waals surface area contributed by atoms with Gasteiger partial charge in [0.15, 0.2) is 0 Å². The topological polar surface area (TPSA) is 15.3 Å².